The summed E-state index contributed by atoms with van der Waals surface area (Å²) < 4.78 is 10.6. The first-order chi connectivity index (χ1) is 13.1. The second-order valence-electron chi connectivity index (χ2n) is 5.78. The molecular weight excluding hydrogens is 384 g/mol. The zero-order chi connectivity index (χ0) is 19.2. The number of carbonyl (C=O) groups excluding carboxylic acids is 1. The fraction of sp³-hybridized carbons (Fsp3) is 0.200. The minimum atomic E-state index is -0.240. The van der Waals surface area contributed by atoms with E-state index in [1.165, 1.54) is 0 Å². The van der Waals surface area contributed by atoms with Gasteiger partial charge in [-0.3, -0.25) is 4.79 Å². The fourth-order valence-electron chi connectivity index (χ4n) is 2.43. The van der Waals surface area contributed by atoms with E-state index in [-0.39, 0.29) is 5.91 Å². The summed E-state index contributed by atoms with van der Waals surface area (Å²) >= 11 is 7.78. The Balaban J connectivity index is 1.74. The number of rotatable bonds is 7. The molecule has 0 unspecified atom stereocenters. The van der Waals surface area contributed by atoms with Crippen LogP contribution in [0.25, 0.3) is 10.6 Å². The quantitative estimate of drug-likeness (QED) is 0.562. The van der Waals surface area contributed by atoms with Gasteiger partial charge >= 0.3 is 0 Å². The van der Waals surface area contributed by atoms with Crippen LogP contribution in [-0.4, -0.2) is 31.2 Å². The van der Waals surface area contributed by atoms with Crippen molar-refractivity contribution in [3.8, 4) is 16.3 Å². The summed E-state index contributed by atoms with van der Waals surface area (Å²) in [7, 11) is 1.59. The van der Waals surface area contributed by atoms with Crippen LogP contribution in [0.1, 0.15) is 16.1 Å². The van der Waals surface area contributed by atoms with E-state index in [9.17, 15) is 4.79 Å². The highest BCUT2D eigenvalue weighted by atomic mass is 35.5. The highest BCUT2D eigenvalue weighted by molar-refractivity contribution is 7.13. The zero-order valence-corrected chi connectivity index (χ0v) is 16.6. The highest BCUT2D eigenvalue weighted by Crippen LogP contribution is 2.33. The number of thiazole rings is 1. The molecule has 2 aromatic carbocycles. The summed E-state index contributed by atoms with van der Waals surface area (Å²) in [5.74, 6) is 0.190. The van der Waals surface area contributed by atoms with Crippen molar-refractivity contribution in [1.82, 2.24) is 4.98 Å². The van der Waals surface area contributed by atoms with Crippen molar-refractivity contribution in [3.05, 3.63) is 64.1 Å². The average molecular weight is 403 g/mol. The molecule has 0 radical (unpaired) electrons. The number of para-hydroxylation sites is 1. The van der Waals surface area contributed by atoms with Crippen LogP contribution >= 0.6 is 22.9 Å². The number of aryl methyl sites for hydroxylation is 1. The molecule has 140 valence electrons. The van der Waals surface area contributed by atoms with E-state index in [2.05, 4.69) is 10.3 Å². The van der Waals surface area contributed by atoms with Crippen LogP contribution in [0.5, 0.6) is 5.75 Å². The van der Waals surface area contributed by atoms with Crippen molar-refractivity contribution in [2.75, 3.05) is 25.6 Å². The molecule has 0 aliphatic rings. The van der Waals surface area contributed by atoms with Crippen LogP contribution in [-0.2, 0) is 4.74 Å². The molecule has 0 atom stereocenters. The van der Waals surface area contributed by atoms with Gasteiger partial charge < -0.3 is 14.8 Å². The minimum absolute atomic E-state index is 0.240. The maximum absolute atomic E-state index is 12.6. The number of halogens is 1. The molecule has 0 aliphatic carbocycles. The molecule has 0 saturated carbocycles. The molecule has 0 spiro atoms. The van der Waals surface area contributed by atoms with Crippen molar-refractivity contribution in [2.24, 2.45) is 0 Å². The van der Waals surface area contributed by atoms with Gasteiger partial charge in [-0.15, -0.1) is 11.3 Å². The number of amides is 1. The summed E-state index contributed by atoms with van der Waals surface area (Å²) in [6.07, 6.45) is 0. The summed E-state index contributed by atoms with van der Waals surface area (Å²) in [6, 6.07) is 12.6. The maximum atomic E-state index is 12.6. The SMILES string of the molecule is COCCOc1c(Cl)cccc1NC(=O)c1ccc(-c2nc(C)cs2)cc1. The second kappa shape index (κ2) is 8.99. The fourth-order valence-corrected chi connectivity index (χ4v) is 3.46. The number of aromatic nitrogens is 1. The Kier molecular flexibility index (Phi) is 6.45. The van der Waals surface area contributed by atoms with E-state index >= 15 is 0 Å². The van der Waals surface area contributed by atoms with E-state index in [4.69, 9.17) is 21.1 Å². The van der Waals surface area contributed by atoms with Gasteiger partial charge in [-0.25, -0.2) is 4.98 Å². The number of benzene rings is 2. The lowest BCUT2D eigenvalue weighted by Gasteiger charge is -2.14. The molecule has 0 saturated heterocycles. The van der Waals surface area contributed by atoms with Gasteiger partial charge in [0.25, 0.3) is 5.91 Å². The standard InChI is InChI=1S/C20H19ClN2O3S/c1-13-12-27-20(22-13)15-8-6-14(7-9-15)19(24)23-17-5-3-4-16(21)18(17)26-11-10-25-2/h3-9,12H,10-11H2,1-2H3,(H,23,24). The number of hydrogen-bond acceptors (Lipinski definition) is 5. The van der Waals surface area contributed by atoms with Gasteiger partial charge in [0.2, 0.25) is 0 Å². The van der Waals surface area contributed by atoms with Crippen LogP contribution in [0, 0.1) is 6.92 Å². The van der Waals surface area contributed by atoms with Crippen molar-refractivity contribution in [1.29, 1.82) is 0 Å². The number of carbonyl (C=O) groups is 1. The summed E-state index contributed by atoms with van der Waals surface area (Å²) in [5.41, 5.74) is 3.02. The normalized spacial score (nSPS) is 10.6. The van der Waals surface area contributed by atoms with Crippen LogP contribution < -0.4 is 10.1 Å². The lowest BCUT2D eigenvalue weighted by Crippen LogP contribution is -2.14. The van der Waals surface area contributed by atoms with E-state index in [0.29, 0.717) is 35.2 Å². The monoisotopic (exact) mass is 402 g/mol. The first-order valence-electron chi connectivity index (χ1n) is 8.32. The molecule has 3 aromatic rings. The molecule has 1 aromatic heterocycles. The molecular formula is C20H19ClN2O3S. The molecule has 0 bridgehead atoms. The topological polar surface area (TPSA) is 60.5 Å². The highest BCUT2D eigenvalue weighted by Gasteiger charge is 2.13. The molecule has 1 amide bonds. The van der Waals surface area contributed by atoms with Gasteiger partial charge in [-0.1, -0.05) is 29.8 Å². The minimum Gasteiger partial charge on any atom is -0.487 e. The number of ether oxygens (including phenoxy) is 2. The third-order valence-corrected chi connectivity index (χ3v) is 5.07. The average Bonchev–Trinajstić information content (AvgIpc) is 3.10. The van der Waals surface area contributed by atoms with Gasteiger partial charge in [-0.2, -0.15) is 0 Å². The van der Waals surface area contributed by atoms with Gasteiger partial charge in [0, 0.05) is 29.3 Å². The van der Waals surface area contributed by atoms with Gasteiger partial charge in [0.15, 0.2) is 5.75 Å². The Hall–Kier alpha value is -2.41. The summed E-state index contributed by atoms with van der Waals surface area (Å²) in [4.78, 5) is 17.1. The van der Waals surface area contributed by atoms with E-state index in [1.54, 1.807) is 48.8 Å². The van der Waals surface area contributed by atoms with E-state index < -0.39 is 0 Å². The number of methoxy groups -OCH3 is 1. The second-order valence-corrected chi connectivity index (χ2v) is 7.05. The summed E-state index contributed by atoms with van der Waals surface area (Å²) in [5, 5.41) is 6.22. The lowest BCUT2D eigenvalue weighted by molar-refractivity contribution is 0.102. The molecule has 0 aliphatic heterocycles. The number of nitrogens with zero attached hydrogens (tertiary/aromatic N) is 1. The Bertz CT molecular complexity index is 925. The third-order valence-electron chi connectivity index (χ3n) is 3.76. The largest absolute Gasteiger partial charge is 0.487 e. The molecule has 0 fully saturated rings. The molecule has 1 N–H and O–H groups in total. The molecule has 1 heterocycles. The zero-order valence-electron chi connectivity index (χ0n) is 15.0. The molecule has 3 rings (SSSR count). The summed E-state index contributed by atoms with van der Waals surface area (Å²) in [6.45, 7) is 2.72. The Morgan fingerprint density at radius 1 is 1.19 bits per heavy atom. The van der Waals surface area contributed by atoms with Crippen molar-refractivity contribution in [2.45, 2.75) is 6.92 Å². The number of nitrogens with one attached hydrogen (secondary N) is 1. The lowest BCUT2D eigenvalue weighted by atomic mass is 10.1. The van der Waals surface area contributed by atoms with Crippen LogP contribution in [0.2, 0.25) is 5.02 Å². The van der Waals surface area contributed by atoms with E-state index in [0.717, 1.165) is 16.3 Å². The maximum Gasteiger partial charge on any atom is 0.255 e. The number of hydrogen-bond donors (Lipinski definition) is 1. The third kappa shape index (κ3) is 4.86. The van der Waals surface area contributed by atoms with Crippen LogP contribution in [0.3, 0.4) is 0 Å². The van der Waals surface area contributed by atoms with Gasteiger partial charge in [0.1, 0.15) is 11.6 Å². The Morgan fingerprint density at radius 2 is 1.96 bits per heavy atom. The van der Waals surface area contributed by atoms with Gasteiger partial charge in [-0.05, 0) is 31.2 Å². The first kappa shape index (κ1) is 19.4. The Morgan fingerprint density at radius 3 is 2.63 bits per heavy atom. The first-order valence-corrected chi connectivity index (χ1v) is 9.58. The smallest absolute Gasteiger partial charge is 0.255 e. The molecule has 7 heteroatoms. The van der Waals surface area contributed by atoms with Crippen molar-refractivity contribution in [3.63, 3.8) is 0 Å². The predicted octanol–water partition coefficient (Wildman–Crippen LogP) is 5.05. The number of anilines is 1. The molecule has 5 nitrogen and oxygen atoms in total. The predicted molar refractivity (Wildman–Crippen MR) is 109 cm³/mol. The van der Waals surface area contributed by atoms with Crippen LogP contribution in [0.4, 0.5) is 5.69 Å². The van der Waals surface area contributed by atoms with Crippen molar-refractivity contribution >= 4 is 34.5 Å². The Labute approximate surface area is 166 Å². The van der Waals surface area contributed by atoms with Crippen LogP contribution in [0.15, 0.2) is 47.8 Å². The van der Waals surface area contributed by atoms with Gasteiger partial charge in [0.05, 0.1) is 17.3 Å². The molecule has 27 heavy (non-hydrogen) atoms. The van der Waals surface area contributed by atoms with Crippen molar-refractivity contribution < 1.29 is 14.3 Å². The van der Waals surface area contributed by atoms with E-state index in [1.807, 2.05) is 24.4 Å².